The molecule has 11 N–H and O–H groups in total. The maximum absolute atomic E-state index is 13.1. The van der Waals surface area contributed by atoms with Crippen LogP contribution in [0, 0.1) is 11.3 Å². The van der Waals surface area contributed by atoms with Crippen molar-refractivity contribution in [1.29, 1.82) is 5.41 Å². The molecule has 0 saturated carbocycles. The van der Waals surface area contributed by atoms with Crippen molar-refractivity contribution in [1.82, 2.24) is 21.3 Å². The highest BCUT2D eigenvalue weighted by atomic mass is 16.4. The van der Waals surface area contributed by atoms with Gasteiger partial charge < -0.3 is 42.9 Å². The molecule has 216 valence electrons. The van der Waals surface area contributed by atoms with Gasteiger partial charge >= 0.3 is 11.9 Å². The van der Waals surface area contributed by atoms with E-state index in [0.717, 1.165) is 5.56 Å². The van der Waals surface area contributed by atoms with Gasteiger partial charge in [-0.15, -0.1) is 0 Å². The van der Waals surface area contributed by atoms with E-state index in [2.05, 4.69) is 21.3 Å². The van der Waals surface area contributed by atoms with E-state index in [1.807, 2.05) is 0 Å². The van der Waals surface area contributed by atoms with Crippen LogP contribution >= 0.6 is 0 Å². The number of nitrogens with one attached hydrogen (secondary N) is 5. The summed E-state index contributed by atoms with van der Waals surface area (Å²) in [5.74, 6) is -5.46. The van der Waals surface area contributed by atoms with Crippen LogP contribution in [0.3, 0.4) is 0 Å². The van der Waals surface area contributed by atoms with Gasteiger partial charge in [-0.05, 0) is 37.2 Å². The number of carbonyl (C=O) groups excluding carboxylic acids is 3. The first kappa shape index (κ1) is 32.8. The summed E-state index contributed by atoms with van der Waals surface area (Å²) in [7, 11) is 0. The minimum Gasteiger partial charge on any atom is -0.481 e. The largest absolute Gasteiger partial charge is 0.481 e. The monoisotopic (exact) mass is 549 g/mol. The smallest absolute Gasteiger partial charge is 0.326 e. The lowest BCUT2D eigenvalue weighted by Crippen LogP contribution is -2.57. The van der Waals surface area contributed by atoms with Crippen molar-refractivity contribution in [2.75, 3.05) is 6.54 Å². The van der Waals surface area contributed by atoms with E-state index < -0.39 is 60.2 Å². The van der Waals surface area contributed by atoms with Crippen LogP contribution in [0.1, 0.15) is 45.1 Å². The second-order valence-corrected chi connectivity index (χ2v) is 9.53. The molecule has 1 aromatic carbocycles. The highest BCUT2D eigenvalue weighted by Crippen LogP contribution is 2.08. The number of rotatable bonds is 17. The minimum absolute atomic E-state index is 0.00707. The predicted octanol–water partition coefficient (Wildman–Crippen LogP) is -1.12. The number of aliphatic carboxylic acids is 2. The Balaban J connectivity index is 3.01. The molecular formula is C25H39N7O7. The van der Waals surface area contributed by atoms with Crippen molar-refractivity contribution in [3.63, 3.8) is 0 Å². The Morgan fingerprint density at radius 2 is 1.46 bits per heavy atom. The molecule has 0 heterocycles. The summed E-state index contributed by atoms with van der Waals surface area (Å²) in [6.45, 7) is 3.76. The van der Waals surface area contributed by atoms with Gasteiger partial charge in [-0.2, -0.15) is 0 Å². The minimum atomic E-state index is -1.55. The van der Waals surface area contributed by atoms with Crippen molar-refractivity contribution in [3.8, 4) is 0 Å². The number of benzene rings is 1. The summed E-state index contributed by atoms with van der Waals surface area (Å²) in [6.07, 6.45) is -0.231. The number of amides is 3. The van der Waals surface area contributed by atoms with E-state index in [9.17, 15) is 34.2 Å². The second-order valence-electron chi connectivity index (χ2n) is 9.53. The molecule has 0 aliphatic carbocycles. The lowest BCUT2D eigenvalue weighted by Gasteiger charge is -2.25. The number of nitrogens with two attached hydrogens (primary N) is 2. The highest BCUT2D eigenvalue weighted by Gasteiger charge is 2.31. The van der Waals surface area contributed by atoms with Gasteiger partial charge in [0.25, 0.3) is 0 Å². The van der Waals surface area contributed by atoms with Gasteiger partial charge in [-0.1, -0.05) is 44.2 Å². The SMILES string of the molecule is CC(C)C[C@H](NC(=O)[C@H](CCCNC(=N)N)NC(=O)[C@H](CC(=O)O)NC(=O)[C@@H](N)Cc1ccccc1)C(=O)O. The van der Waals surface area contributed by atoms with Gasteiger partial charge in [0, 0.05) is 6.54 Å². The first-order chi connectivity index (χ1) is 18.3. The van der Waals surface area contributed by atoms with Gasteiger partial charge in [0.1, 0.15) is 18.1 Å². The topological polar surface area (TPSA) is 250 Å². The van der Waals surface area contributed by atoms with Crippen LogP contribution in [-0.4, -0.2) is 76.5 Å². The standard InChI is InChI=1S/C25H39N7O7/c1-14(2)11-19(24(38)39)32-22(36)17(9-6-10-29-25(27)28)30-23(37)18(13-20(33)34)31-21(35)16(26)12-15-7-4-3-5-8-15/h3-5,7-8,14,16-19H,6,9-13,26H2,1-2H3,(H,30,37)(H,31,35)(H,32,36)(H,33,34)(H,38,39)(H4,27,28,29)/t16-,17-,18-,19-/m0/s1. The average Bonchev–Trinajstić information content (AvgIpc) is 2.84. The maximum Gasteiger partial charge on any atom is 0.326 e. The van der Waals surface area contributed by atoms with Crippen molar-refractivity contribution >= 4 is 35.6 Å². The number of carboxylic acids is 2. The fourth-order valence-electron chi connectivity index (χ4n) is 3.66. The van der Waals surface area contributed by atoms with Gasteiger partial charge in [0.05, 0.1) is 12.5 Å². The molecular weight excluding hydrogens is 510 g/mol. The maximum atomic E-state index is 13.1. The van der Waals surface area contributed by atoms with Gasteiger partial charge in [0.2, 0.25) is 17.7 Å². The molecule has 14 heteroatoms. The molecule has 0 fully saturated rings. The first-order valence-electron chi connectivity index (χ1n) is 12.5. The van der Waals surface area contributed by atoms with Crippen LogP contribution in [0.15, 0.2) is 30.3 Å². The molecule has 0 aliphatic heterocycles. The number of carbonyl (C=O) groups is 5. The molecule has 0 bridgehead atoms. The summed E-state index contributed by atoms with van der Waals surface area (Å²) in [4.78, 5) is 61.7. The quantitative estimate of drug-likeness (QED) is 0.0643. The number of hydrogen-bond acceptors (Lipinski definition) is 7. The van der Waals surface area contributed by atoms with Crippen LogP contribution in [0.2, 0.25) is 0 Å². The van der Waals surface area contributed by atoms with E-state index in [0.29, 0.717) is 0 Å². The van der Waals surface area contributed by atoms with E-state index in [-0.39, 0.29) is 44.1 Å². The van der Waals surface area contributed by atoms with Crippen molar-refractivity contribution in [2.24, 2.45) is 17.4 Å². The molecule has 0 unspecified atom stereocenters. The van der Waals surface area contributed by atoms with Crippen LogP contribution in [0.5, 0.6) is 0 Å². The normalized spacial score (nSPS) is 13.8. The summed E-state index contributed by atoms with van der Waals surface area (Å²) in [5, 5.41) is 35.7. The van der Waals surface area contributed by atoms with Crippen molar-refractivity contribution in [3.05, 3.63) is 35.9 Å². The molecule has 4 atom stereocenters. The van der Waals surface area contributed by atoms with E-state index in [1.54, 1.807) is 44.2 Å². The predicted molar refractivity (Wildman–Crippen MR) is 142 cm³/mol. The Kier molecular flexibility index (Phi) is 14.0. The third-order valence-corrected chi connectivity index (χ3v) is 5.59. The van der Waals surface area contributed by atoms with E-state index in [4.69, 9.17) is 16.9 Å². The van der Waals surface area contributed by atoms with E-state index in [1.165, 1.54) is 0 Å². The lowest BCUT2D eigenvalue weighted by molar-refractivity contribution is -0.143. The summed E-state index contributed by atoms with van der Waals surface area (Å²) in [5.41, 5.74) is 12.0. The Morgan fingerprint density at radius 1 is 0.897 bits per heavy atom. The van der Waals surface area contributed by atoms with Gasteiger partial charge in [-0.3, -0.25) is 24.6 Å². The Labute approximate surface area is 226 Å². The van der Waals surface area contributed by atoms with Gasteiger partial charge in [-0.25, -0.2) is 4.79 Å². The summed E-state index contributed by atoms with van der Waals surface area (Å²) in [6, 6.07) is 3.79. The Bertz CT molecular complexity index is 1000. The number of hydrogen-bond donors (Lipinski definition) is 9. The van der Waals surface area contributed by atoms with Crippen molar-refractivity contribution < 1.29 is 34.2 Å². The molecule has 39 heavy (non-hydrogen) atoms. The Hall–Kier alpha value is -4.20. The molecule has 0 radical (unpaired) electrons. The number of carboxylic acid groups (broad SMARTS) is 2. The summed E-state index contributed by atoms with van der Waals surface area (Å²) < 4.78 is 0. The fraction of sp³-hybridized carbons (Fsp3) is 0.520. The molecule has 3 amide bonds. The molecule has 14 nitrogen and oxygen atoms in total. The Morgan fingerprint density at radius 3 is 2.00 bits per heavy atom. The molecule has 1 rings (SSSR count). The number of guanidine groups is 1. The zero-order chi connectivity index (χ0) is 29.5. The molecule has 0 saturated heterocycles. The first-order valence-corrected chi connectivity index (χ1v) is 12.5. The van der Waals surface area contributed by atoms with Crippen LogP contribution in [0.25, 0.3) is 0 Å². The second kappa shape index (κ2) is 16.6. The third kappa shape index (κ3) is 13.2. The van der Waals surface area contributed by atoms with Gasteiger partial charge in [0.15, 0.2) is 5.96 Å². The summed E-state index contributed by atoms with van der Waals surface area (Å²) >= 11 is 0. The van der Waals surface area contributed by atoms with E-state index >= 15 is 0 Å². The van der Waals surface area contributed by atoms with Crippen LogP contribution in [0.4, 0.5) is 0 Å². The highest BCUT2D eigenvalue weighted by molar-refractivity contribution is 5.95. The fourth-order valence-corrected chi connectivity index (χ4v) is 3.66. The van der Waals surface area contributed by atoms with Crippen LogP contribution < -0.4 is 32.7 Å². The zero-order valence-electron chi connectivity index (χ0n) is 22.1. The lowest BCUT2D eigenvalue weighted by atomic mass is 10.0. The molecule has 0 spiro atoms. The van der Waals surface area contributed by atoms with Crippen LogP contribution in [-0.2, 0) is 30.4 Å². The average molecular weight is 550 g/mol. The third-order valence-electron chi connectivity index (χ3n) is 5.59. The molecule has 0 aromatic heterocycles. The zero-order valence-corrected chi connectivity index (χ0v) is 22.1. The molecule has 1 aromatic rings. The molecule has 0 aliphatic rings. The van der Waals surface area contributed by atoms with Crippen molar-refractivity contribution in [2.45, 2.75) is 70.1 Å².